The maximum atomic E-state index is 12.7. The lowest BCUT2D eigenvalue weighted by molar-refractivity contribution is -0.122. The van der Waals surface area contributed by atoms with E-state index in [1.807, 2.05) is 54.6 Å². The van der Waals surface area contributed by atoms with Crippen molar-refractivity contribution in [2.24, 2.45) is 0 Å². The predicted molar refractivity (Wildman–Crippen MR) is 116 cm³/mol. The fourth-order valence-corrected chi connectivity index (χ4v) is 3.91. The van der Waals surface area contributed by atoms with Crippen LogP contribution >= 0.6 is 11.3 Å². The van der Waals surface area contributed by atoms with Crippen molar-refractivity contribution in [3.05, 3.63) is 82.0 Å². The number of rotatable bonds is 10. The molecule has 1 heterocycles. The van der Waals surface area contributed by atoms with Gasteiger partial charge in [0.15, 0.2) is 0 Å². The molecule has 0 radical (unpaired) electrons. The second-order valence-electron chi connectivity index (χ2n) is 6.62. The highest BCUT2D eigenvalue weighted by Gasteiger charge is 2.15. The van der Waals surface area contributed by atoms with Crippen molar-refractivity contribution in [2.45, 2.75) is 19.6 Å². The van der Waals surface area contributed by atoms with Crippen molar-refractivity contribution in [3.63, 3.8) is 0 Å². The maximum Gasteiger partial charge on any atom is 0.234 e. The molecule has 0 bridgehead atoms. The monoisotopic (exact) mass is 410 g/mol. The van der Waals surface area contributed by atoms with Gasteiger partial charge >= 0.3 is 0 Å². The first-order valence-electron chi connectivity index (χ1n) is 9.45. The van der Waals surface area contributed by atoms with Crippen LogP contribution in [0.5, 0.6) is 11.5 Å². The van der Waals surface area contributed by atoms with Crippen LogP contribution in [0.4, 0.5) is 0 Å². The fourth-order valence-electron chi connectivity index (χ4n) is 3.17. The molecule has 1 N–H and O–H groups in total. The Bertz CT molecular complexity index is 912. The SMILES string of the molecule is COc1ccccc1CNC(=O)CN(Cc1cccs1)Cc1ccccc1OC. The van der Waals surface area contributed by atoms with Crippen molar-refractivity contribution >= 4 is 17.2 Å². The number of nitrogens with one attached hydrogen (secondary N) is 1. The summed E-state index contributed by atoms with van der Waals surface area (Å²) in [6, 6.07) is 19.7. The number of nitrogens with zero attached hydrogens (tertiary/aromatic N) is 1. The number of para-hydroxylation sites is 2. The highest BCUT2D eigenvalue weighted by molar-refractivity contribution is 7.09. The third kappa shape index (κ3) is 6.07. The van der Waals surface area contributed by atoms with Gasteiger partial charge in [0.1, 0.15) is 11.5 Å². The first-order valence-corrected chi connectivity index (χ1v) is 10.3. The summed E-state index contributed by atoms with van der Waals surface area (Å²) in [6.07, 6.45) is 0. The molecule has 3 aromatic rings. The van der Waals surface area contributed by atoms with Crippen molar-refractivity contribution in [2.75, 3.05) is 20.8 Å². The third-order valence-corrected chi connectivity index (χ3v) is 5.44. The molecule has 0 saturated heterocycles. The van der Waals surface area contributed by atoms with Gasteiger partial charge in [0, 0.05) is 35.6 Å². The molecule has 1 aromatic heterocycles. The van der Waals surface area contributed by atoms with Crippen LogP contribution in [0.1, 0.15) is 16.0 Å². The summed E-state index contributed by atoms with van der Waals surface area (Å²) in [6.45, 7) is 2.07. The number of carbonyl (C=O) groups excluding carboxylic acids is 1. The van der Waals surface area contributed by atoms with E-state index >= 15 is 0 Å². The van der Waals surface area contributed by atoms with Crippen LogP contribution in [0.25, 0.3) is 0 Å². The van der Waals surface area contributed by atoms with Crippen LogP contribution < -0.4 is 14.8 Å². The van der Waals surface area contributed by atoms with Gasteiger partial charge in [0.25, 0.3) is 0 Å². The van der Waals surface area contributed by atoms with E-state index in [0.717, 1.165) is 22.6 Å². The summed E-state index contributed by atoms with van der Waals surface area (Å²) < 4.78 is 10.8. The highest BCUT2D eigenvalue weighted by atomic mass is 32.1. The molecule has 5 nitrogen and oxygen atoms in total. The normalized spacial score (nSPS) is 10.7. The molecule has 2 aromatic carbocycles. The molecular weight excluding hydrogens is 384 g/mol. The average molecular weight is 411 g/mol. The summed E-state index contributed by atoms with van der Waals surface area (Å²) in [5, 5.41) is 5.06. The summed E-state index contributed by atoms with van der Waals surface area (Å²) in [4.78, 5) is 16.0. The zero-order valence-electron chi connectivity index (χ0n) is 16.8. The van der Waals surface area contributed by atoms with Gasteiger partial charge in [-0.1, -0.05) is 42.5 Å². The van der Waals surface area contributed by atoms with Gasteiger partial charge in [-0.25, -0.2) is 0 Å². The standard InChI is InChI=1S/C23H26N2O3S/c1-27-21-11-5-3-8-18(21)14-24-23(26)17-25(16-20-10-7-13-29-20)15-19-9-4-6-12-22(19)28-2/h3-13H,14-17H2,1-2H3,(H,24,26). The average Bonchev–Trinajstić information content (AvgIpc) is 3.25. The molecule has 29 heavy (non-hydrogen) atoms. The van der Waals surface area contributed by atoms with Crippen LogP contribution in [-0.2, 0) is 24.4 Å². The van der Waals surface area contributed by atoms with Crippen molar-refractivity contribution in [1.82, 2.24) is 10.2 Å². The van der Waals surface area contributed by atoms with Crippen LogP contribution in [0.2, 0.25) is 0 Å². The van der Waals surface area contributed by atoms with E-state index in [-0.39, 0.29) is 5.91 Å². The van der Waals surface area contributed by atoms with E-state index in [0.29, 0.717) is 26.2 Å². The first-order chi connectivity index (χ1) is 14.2. The van der Waals surface area contributed by atoms with Gasteiger partial charge in [-0.15, -0.1) is 11.3 Å². The number of methoxy groups -OCH3 is 2. The Morgan fingerprint density at radius 1 is 0.897 bits per heavy atom. The van der Waals surface area contributed by atoms with Crippen molar-refractivity contribution in [1.29, 1.82) is 0 Å². The van der Waals surface area contributed by atoms with Crippen LogP contribution in [0.15, 0.2) is 66.0 Å². The molecule has 0 aliphatic rings. The molecule has 152 valence electrons. The molecule has 1 amide bonds. The highest BCUT2D eigenvalue weighted by Crippen LogP contribution is 2.21. The minimum Gasteiger partial charge on any atom is -0.496 e. The molecule has 0 unspecified atom stereocenters. The van der Waals surface area contributed by atoms with Gasteiger partial charge in [0.05, 0.1) is 20.8 Å². The molecule has 0 spiro atoms. The van der Waals surface area contributed by atoms with Crippen LogP contribution in [0, 0.1) is 0 Å². The number of amides is 1. The zero-order chi connectivity index (χ0) is 20.5. The van der Waals surface area contributed by atoms with Gasteiger partial charge < -0.3 is 14.8 Å². The largest absolute Gasteiger partial charge is 0.496 e. The summed E-state index contributed by atoms with van der Waals surface area (Å²) in [5.41, 5.74) is 2.02. The summed E-state index contributed by atoms with van der Waals surface area (Å²) in [7, 11) is 3.30. The molecule has 6 heteroatoms. The number of ether oxygens (including phenoxy) is 2. The van der Waals surface area contributed by atoms with Crippen molar-refractivity contribution in [3.8, 4) is 11.5 Å². The van der Waals surface area contributed by atoms with E-state index < -0.39 is 0 Å². The Morgan fingerprint density at radius 2 is 1.55 bits per heavy atom. The molecule has 0 atom stereocenters. The predicted octanol–water partition coefficient (Wildman–Crippen LogP) is 4.08. The van der Waals surface area contributed by atoms with Crippen LogP contribution in [-0.4, -0.2) is 31.6 Å². The first kappa shape index (κ1) is 20.9. The Kier molecular flexibility index (Phi) is 7.67. The summed E-state index contributed by atoms with van der Waals surface area (Å²) in [5.74, 6) is 1.58. The van der Waals surface area contributed by atoms with Crippen LogP contribution in [0.3, 0.4) is 0 Å². The third-order valence-electron chi connectivity index (χ3n) is 4.58. The van der Waals surface area contributed by atoms with Gasteiger partial charge in [-0.3, -0.25) is 9.69 Å². The van der Waals surface area contributed by atoms with E-state index in [4.69, 9.17) is 9.47 Å². The molecular formula is C23H26N2O3S. The van der Waals surface area contributed by atoms with Crippen molar-refractivity contribution < 1.29 is 14.3 Å². The van der Waals surface area contributed by atoms with Gasteiger partial charge in [0.2, 0.25) is 5.91 Å². The topological polar surface area (TPSA) is 50.8 Å². The molecule has 0 aliphatic heterocycles. The van der Waals surface area contributed by atoms with Gasteiger partial charge in [-0.05, 0) is 23.6 Å². The van der Waals surface area contributed by atoms with E-state index in [1.54, 1.807) is 25.6 Å². The number of thiophene rings is 1. The Morgan fingerprint density at radius 3 is 2.21 bits per heavy atom. The van der Waals surface area contributed by atoms with E-state index in [2.05, 4.69) is 21.7 Å². The number of hydrogen-bond acceptors (Lipinski definition) is 5. The summed E-state index contributed by atoms with van der Waals surface area (Å²) >= 11 is 1.69. The number of hydrogen-bond donors (Lipinski definition) is 1. The fraction of sp³-hybridized carbons (Fsp3) is 0.261. The molecule has 0 saturated carbocycles. The van der Waals surface area contributed by atoms with Gasteiger partial charge in [-0.2, -0.15) is 0 Å². The Labute approximate surface area is 175 Å². The molecule has 0 aliphatic carbocycles. The van der Waals surface area contributed by atoms with E-state index in [1.165, 1.54) is 4.88 Å². The lowest BCUT2D eigenvalue weighted by Crippen LogP contribution is -2.36. The zero-order valence-corrected chi connectivity index (χ0v) is 17.6. The second-order valence-corrected chi connectivity index (χ2v) is 7.66. The minimum absolute atomic E-state index is 0.0256. The Hall–Kier alpha value is -2.83. The smallest absolute Gasteiger partial charge is 0.234 e. The number of benzene rings is 2. The quantitative estimate of drug-likeness (QED) is 0.547. The molecule has 3 rings (SSSR count). The molecule has 0 fully saturated rings. The maximum absolute atomic E-state index is 12.7. The van der Waals surface area contributed by atoms with E-state index in [9.17, 15) is 4.79 Å². The second kappa shape index (κ2) is 10.6. The lowest BCUT2D eigenvalue weighted by Gasteiger charge is -2.22. The minimum atomic E-state index is -0.0256. The lowest BCUT2D eigenvalue weighted by atomic mass is 10.2. The Balaban J connectivity index is 1.66. The number of carbonyl (C=O) groups is 1.